The van der Waals surface area contributed by atoms with Crippen LogP contribution in [0.5, 0.6) is 11.5 Å². The number of hydrogen-bond donors (Lipinski definition) is 1. The number of carboxylic acids is 1. The molecule has 0 aliphatic carbocycles. The Hall–Kier alpha value is -0.276. The van der Waals surface area contributed by atoms with Crippen molar-refractivity contribution in [2.24, 2.45) is 0 Å². The van der Waals surface area contributed by atoms with Crippen LogP contribution >= 0.6 is 0 Å². The van der Waals surface area contributed by atoms with E-state index in [2.05, 4.69) is 67.7 Å². The van der Waals surface area contributed by atoms with Gasteiger partial charge in [-0.05, 0) is 60.4 Å². The van der Waals surface area contributed by atoms with Gasteiger partial charge >= 0.3 is 35.5 Å². The summed E-state index contributed by atoms with van der Waals surface area (Å²) in [5, 5.41) is 9.14. The van der Waals surface area contributed by atoms with Crippen molar-refractivity contribution in [2.45, 2.75) is 90.6 Å². The maximum absolute atomic E-state index is 10.9. The summed E-state index contributed by atoms with van der Waals surface area (Å²) in [7, 11) is -4.06. The monoisotopic (exact) mass is 434 g/mol. The van der Waals surface area contributed by atoms with Crippen molar-refractivity contribution in [3.05, 3.63) is 23.8 Å². The topological polar surface area (TPSA) is 55.8 Å². The number of hydrogen-bond acceptors (Lipinski definition) is 3. The van der Waals surface area contributed by atoms with Gasteiger partial charge < -0.3 is 14.0 Å². The Bertz CT molecular complexity index is 674. The van der Waals surface area contributed by atoms with Gasteiger partial charge in [0.15, 0.2) is 0 Å². The molecule has 0 heterocycles. The minimum absolute atomic E-state index is 0. The van der Waals surface area contributed by atoms with Crippen molar-refractivity contribution in [1.29, 1.82) is 0 Å². The SMILES string of the molecule is CC(C)(C)[Si](C)(C)Oc1ccc(CCC(=O)O)cc1O[Si](C)(C)C(C)(C)C.[NaH]. The van der Waals surface area contributed by atoms with Crippen LogP contribution in [0.4, 0.5) is 0 Å². The van der Waals surface area contributed by atoms with Gasteiger partial charge in [-0.15, -0.1) is 0 Å². The molecule has 156 valence electrons. The summed E-state index contributed by atoms with van der Waals surface area (Å²) in [6.45, 7) is 22.2. The van der Waals surface area contributed by atoms with Crippen LogP contribution in [0, 0.1) is 0 Å². The molecule has 0 aliphatic heterocycles. The van der Waals surface area contributed by atoms with Crippen LogP contribution in [0.2, 0.25) is 36.3 Å². The van der Waals surface area contributed by atoms with Gasteiger partial charge in [0.2, 0.25) is 0 Å². The van der Waals surface area contributed by atoms with Crippen LogP contribution in [-0.4, -0.2) is 57.3 Å². The second-order valence-electron chi connectivity index (χ2n) is 10.4. The van der Waals surface area contributed by atoms with Crippen molar-refractivity contribution in [1.82, 2.24) is 0 Å². The molecule has 0 bridgehead atoms. The van der Waals surface area contributed by atoms with E-state index in [1.807, 2.05) is 18.2 Å². The van der Waals surface area contributed by atoms with E-state index in [0.717, 1.165) is 17.1 Å². The second kappa shape index (κ2) is 9.69. The Morgan fingerprint density at radius 1 is 0.893 bits per heavy atom. The summed E-state index contributed by atoms with van der Waals surface area (Å²) in [5.41, 5.74) is 0.966. The van der Waals surface area contributed by atoms with Gasteiger partial charge in [-0.3, -0.25) is 4.79 Å². The average Bonchev–Trinajstić information content (AvgIpc) is 2.44. The average molecular weight is 435 g/mol. The zero-order chi connectivity index (χ0) is 21.3. The number of carboxylic acid groups (broad SMARTS) is 1. The molecular formula is C21H39NaO4Si2. The standard InChI is InChI=1S/C21H38O4Si2.Na.H/c1-20(2,3)26(7,8)24-17-13-11-16(12-14-19(22)23)15-18(17)25-27(9,10)21(4,5)6;;/h11,13,15H,12,14H2,1-10H3,(H,22,23);;. The predicted molar refractivity (Wildman–Crippen MR) is 125 cm³/mol. The molecule has 0 aromatic heterocycles. The van der Waals surface area contributed by atoms with Gasteiger partial charge in [0.25, 0.3) is 16.6 Å². The summed E-state index contributed by atoms with van der Waals surface area (Å²) in [4.78, 5) is 10.9. The van der Waals surface area contributed by atoms with Gasteiger partial charge in [-0.25, -0.2) is 0 Å². The first-order valence-corrected chi connectivity index (χ1v) is 15.5. The van der Waals surface area contributed by atoms with E-state index >= 15 is 0 Å². The van der Waals surface area contributed by atoms with E-state index in [-0.39, 0.29) is 46.1 Å². The van der Waals surface area contributed by atoms with Crippen LogP contribution in [-0.2, 0) is 11.2 Å². The van der Waals surface area contributed by atoms with Crippen LogP contribution in [0.1, 0.15) is 53.5 Å². The molecule has 1 aromatic carbocycles. The summed E-state index contributed by atoms with van der Waals surface area (Å²) < 4.78 is 13.1. The Morgan fingerprint density at radius 2 is 1.32 bits per heavy atom. The zero-order valence-electron chi connectivity index (χ0n) is 18.8. The summed E-state index contributed by atoms with van der Waals surface area (Å²) >= 11 is 0. The summed E-state index contributed by atoms with van der Waals surface area (Å²) in [6, 6.07) is 5.90. The van der Waals surface area contributed by atoms with Crippen LogP contribution in [0.25, 0.3) is 0 Å². The molecule has 0 unspecified atom stereocenters. The number of aliphatic carboxylic acids is 1. The van der Waals surface area contributed by atoms with Crippen molar-refractivity contribution >= 4 is 52.2 Å². The fraction of sp³-hybridized carbons (Fsp3) is 0.667. The molecular weight excluding hydrogens is 395 g/mol. The number of aryl methyl sites for hydroxylation is 1. The molecule has 4 nitrogen and oxygen atoms in total. The molecule has 0 spiro atoms. The van der Waals surface area contributed by atoms with Gasteiger partial charge in [0, 0.05) is 6.42 Å². The third-order valence-corrected chi connectivity index (χ3v) is 14.7. The van der Waals surface area contributed by atoms with E-state index in [9.17, 15) is 4.79 Å². The molecule has 0 aliphatic rings. The van der Waals surface area contributed by atoms with Crippen molar-refractivity contribution in [3.8, 4) is 11.5 Å². The Balaban J connectivity index is 0.00000729. The normalized spacial score (nSPS) is 12.9. The molecule has 0 amide bonds. The Morgan fingerprint density at radius 3 is 1.71 bits per heavy atom. The molecule has 0 atom stereocenters. The maximum atomic E-state index is 10.9. The quantitative estimate of drug-likeness (QED) is 0.549. The first kappa shape index (κ1) is 27.7. The van der Waals surface area contributed by atoms with E-state index in [1.54, 1.807) is 0 Å². The van der Waals surface area contributed by atoms with Crippen LogP contribution in [0.3, 0.4) is 0 Å². The van der Waals surface area contributed by atoms with Crippen molar-refractivity contribution < 1.29 is 18.8 Å². The molecule has 1 N–H and O–H groups in total. The molecule has 1 aromatic rings. The Labute approximate surface area is 196 Å². The number of carbonyl (C=O) groups is 1. The third kappa shape index (κ3) is 7.52. The fourth-order valence-electron chi connectivity index (χ4n) is 1.98. The number of benzene rings is 1. The van der Waals surface area contributed by atoms with Gasteiger partial charge in [0.05, 0.1) is 0 Å². The third-order valence-electron chi connectivity index (χ3n) is 5.98. The van der Waals surface area contributed by atoms with Gasteiger partial charge in [0.1, 0.15) is 11.5 Å². The zero-order valence-corrected chi connectivity index (χ0v) is 20.8. The first-order valence-electron chi connectivity index (χ1n) is 9.69. The van der Waals surface area contributed by atoms with E-state index < -0.39 is 22.6 Å². The van der Waals surface area contributed by atoms with E-state index in [1.165, 1.54) is 0 Å². The van der Waals surface area contributed by atoms with E-state index in [4.69, 9.17) is 14.0 Å². The molecule has 0 saturated carbocycles. The molecule has 28 heavy (non-hydrogen) atoms. The van der Waals surface area contributed by atoms with Crippen molar-refractivity contribution in [3.63, 3.8) is 0 Å². The second-order valence-corrected chi connectivity index (χ2v) is 19.8. The van der Waals surface area contributed by atoms with Crippen molar-refractivity contribution in [2.75, 3.05) is 0 Å². The molecule has 7 heteroatoms. The van der Waals surface area contributed by atoms with Crippen LogP contribution in [0.15, 0.2) is 18.2 Å². The first-order chi connectivity index (χ1) is 12.0. The summed E-state index contributed by atoms with van der Waals surface area (Å²) in [6.07, 6.45) is 0.603. The minimum atomic E-state index is -2.05. The van der Waals surface area contributed by atoms with Gasteiger partial charge in [-0.2, -0.15) is 0 Å². The summed E-state index contributed by atoms with van der Waals surface area (Å²) in [5.74, 6) is 0.753. The van der Waals surface area contributed by atoms with E-state index in [0.29, 0.717) is 6.42 Å². The molecule has 0 fully saturated rings. The molecule has 0 saturated heterocycles. The van der Waals surface area contributed by atoms with Gasteiger partial charge in [-0.1, -0.05) is 47.6 Å². The van der Waals surface area contributed by atoms with Crippen LogP contribution < -0.4 is 8.85 Å². The number of rotatable bonds is 7. The fourth-order valence-corrected chi connectivity index (χ4v) is 4.02. The molecule has 0 radical (unpaired) electrons. The molecule has 1 rings (SSSR count). The Kier molecular flexibility index (Phi) is 9.59. The predicted octanol–water partition coefficient (Wildman–Crippen LogP) is 5.82.